The van der Waals surface area contributed by atoms with E-state index in [4.69, 9.17) is 19.4 Å². The second-order valence-corrected chi connectivity index (χ2v) is 19.8. The molecule has 330 valence electrons. The third-order valence-corrected chi connectivity index (χ3v) is 15.1. The Bertz CT molecular complexity index is 2560. The summed E-state index contributed by atoms with van der Waals surface area (Å²) < 4.78 is 12.7. The molecule has 6 aromatic rings. The van der Waals surface area contributed by atoms with Gasteiger partial charge in [0.2, 0.25) is 17.7 Å². The number of carbonyl (C=O) groups excluding carboxylic acids is 1. The van der Waals surface area contributed by atoms with Gasteiger partial charge in [-0.15, -0.1) is 0 Å². The van der Waals surface area contributed by atoms with E-state index in [2.05, 4.69) is 56.1 Å². The van der Waals surface area contributed by atoms with E-state index in [9.17, 15) is 4.79 Å². The summed E-state index contributed by atoms with van der Waals surface area (Å²) in [5.74, 6) is 1.28. The van der Waals surface area contributed by atoms with Crippen molar-refractivity contribution in [3.05, 3.63) is 84.2 Å². The second-order valence-electron chi connectivity index (χ2n) is 17.8. The van der Waals surface area contributed by atoms with Crippen LogP contribution in [-0.2, 0) is 11.3 Å². The summed E-state index contributed by atoms with van der Waals surface area (Å²) in [6.45, 7) is 4.87. The zero-order chi connectivity index (χ0) is 42.9. The van der Waals surface area contributed by atoms with Gasteiger partial charge < -0.3 is 30.7 Å². The monoisotopic (exact) mass is 897 g/mol. The third kappa shape index (κ3) is 9.55. The van der Waals surface area contributed by atoms with Crippen LogP contribution >= 0.6 is 22.7 Å². The van der Waals surface area contributed by atoms with Crippen molar-refractivity contribution in [2.75, 3.05) is 36.8 Å². The predicted molar refractivity (Wildman–Crippen MR) is 245 cm³/mol. The van der Waals surface area contributed by atoms with Crippen LogP contribution < -0.4 is 30.7 Å². The van der Waals surface area contributed by atoms with Crippen LogP contribution in [0, 0.1) is 5.41 Å². The molecule has 18 heteroatoms. The molecule has 3 aliphatic carbocycles. The van der Waals surface area contributed by atoms with Gasteiger partial charge in [-0.25, -0.2) is 34.9 Å². The van der Waals surface area contributed by atoms with Crippen LogP contribution in [0.1, 0.15) is 99.3 Å². The van der Waals surface area contributed by atoms with Crippen molar-refractivity contribution in [3.8, 4) is 33.0 Å². The number of carbonyl (C=O) groups is 1. The van der Waals surface area contributed by atoms with Crippen LogP contribution in [0.15, 0.2) is 67.5 Å². The molecule has 11 rings (SSSR count). The van der Waals surface area contributed by atoms with E-state index in [1.165, 1.54) is 48.4 Å². The topological polar surface area (TPSA) is 190 Å². The summed E-state index contributed by atoms with van der Waals surface area (Å²) >= 11 is 2.96. The number of pyridine rings is 2. The number of thiazole rings is 2. The fourth-order valence-electron chi connectivity index (χ4n) is 9.37. The van der Waals surface area contributed by atoms with E-state index in [0.717, 1.165) is 109 Å². The number of nitrogens with one attached hydrogen (secondary N) is 4. The Balaban J connectivity index is 0.739. The lowest BCUT2D eigenvalue weighted by Crippen LogP contribution is -2.42. The fraction of sp³-hybridized carbons (Fsp3) is 0.457. The van der Waals surface area contributed by atoms with Crippen LogP contribution in [0.25, 0.3) is 21.1 Å². The fourth-order valence-corrected chi connectivity index (χ4v) is 10.9. The van der Waals surface area contributed by atoms with Gasteiger partial charge in [0.15, 0.2) is 10.3 Å². The maximum atomic E-state index is 13.6. The zero-order valence-corrected chi connectivity index (χ0v) is 37.2. The van der Waals surface area contributed by atoms with E-state index in [-0.39, 0.29) is 30.1 Å². The summed E-state index contributed by atoms with van der Waals surface area (Å²) in [6, 6.07) is 9.94. The largest absolute Gasteiger partial charge is 0.474 e. The molecule has 8 heterocycles. The number of hydrogen-bond acceptors (Lipinski definition) is 17. The average molecular weight is 898 g/mol. The highest BCUT2D eigenvalue weighted by Gasteiger charge is 2.45. The Morgan fingerprint density at radius 1 is 0.734 bits per heavy atom. The summed E-state index contributed by atoms with van der Waals surface area (Å²) in [6.07, 6.45) is 23.4. The zero-order valence-electron chi connectivity index (χ0n) is 35.5. The highest BCUT2D eigenvalue weighted by atomic mass is 32.1. The number of aromatic nitrogens is 8. The standard InChI is InChI=1S/C46H51N13O3S2/c60-41-33(29-5-6-39(49-24-29)57-44-52-25-37(63-44)34-9-14-48-43(56-34)62-32-7-10-46(11-8-32)12-13-46)21-35(55-41)30-19-36(54-40(20-30)61-31-3-1-2-4-31)38-26-53-45(64-38)58-42-50-22-28(23-51-42)27-59-17-15-47-16-18-59/h5-6,9,14,19-20,22-26,31-33,35,47H,1-4,7-8,10-13,15-18,21,27H2,(H,55,60)(H,49,52,57)(H,50,51,53,58). The smallest absolute Gasteiger partial charge is 0.317 e. The first-order valence-corrected chi connectivity index (χ1v) is 24.2. The van der Waals surface area contributed by atoms with Crippen molar-refractivity contribution in [3.63, 3.8) is 0 Å². The Morgan fingerprint density at radius 3 is 2.23 bits per heavy atom. The molecule has 2 unspecified atom stereocenters. The highest BCUT2D eigenvalue weighted by Crippen LogP contribution is 2.56. The van der Waals surface area contributed by atoms with Gasteiger partial charge in [-0.05, 0) is 105 Å². The molecule has 0 radical (unpaired) electrons. The molecule has 2 atom stereocenters. The van der Waals surface area contributed by atoms with Crippen molar-refractivity contribution < 1.29 is 14.3 Å². The molecule has 1 spiro atoms. The predicted octanol–water partition coefficient (Wildman–Crippen LogP) is 7.96. The summed E-state index contributed by atoms with van der Waals surface area (Å²) in [5.41, 5.74) is 4.99. The molecule has 16 nitrogen and oxygen atoms in total. The lowest BCUT2D eigenvalue weighted by atomic mass is 9.85. The van der Waals surface area contributed by atoms with Crippen molar-refractivity contribution in [1.29, 1.82) is 0 Å². The molecular formula is C46H51N13O3S2. The summed E-state index contributed by atoms with van der Waals surface area (Å²) in [5, 5.41) is 14.6. The first-order valence-electron chi connectivity index (χ1n) is 22.6. The van der Waals surface area contributed by atoms with E-state index < -0.39 is 0 Å². The van der Waals surface area contributed by atoms with E-state index in [1.54, 1.807) is 18.6 Å². The van der Waals surface area contributed by atoms with E-state index in [0.29, 0.717) is 45.8 Å². The van der Waals surface area contributed by atoms with Gasteiger partial charge in [-0.2, -0.15) is 4.98 Å². The molecule has 2 saturated heterocycles. The van der Waals surface area contributed by atoms with Crippen LogP contribution in [0.3, 0.4) is 0 Å². The number of amides is 1. The average Bonchev–Trinajstić information content (AvgIpc) is 3.87. The Labute approximate surface area is 379 Å². The van der Waals surface area contributed by atoms with Crippen molar-refractivity contribution >= 4 is 50.6 Å². The first kappa shape index (κ1) is 41.0. The van der Waals surface area contributed by atoms with Gasteiger partial charge in [-0.1, -0.05) is 28.7 Å². The molecule has 5 aliphatic rings. The van der Waals surface area contributed by atoms with Crippen LogP contribution in [0.2, 0.25) is 0 Å². The molecule has 0 bridgehead atoms. The molecule has 3 saturated carbocycles. The molecule has 1 amide bonds. The molecule has 0 aromatic carbocycles. The molecule has 64 heavy (non-hydrogen) atoms. The molecule has 4 N–H and O–H groups in total. The highest BCUT2D eigenvalue weighted by molar-refractivity contribution is 7.19. The number of hydrogen-bond donors (Lipinski definition) is 4. The van der Waals surface area contributed by atoms with Gasteiger partial charge in [0.25, 0.3) is 0 Å². The quantitative estimate of drug-likeness (QED) is 0.0823. The van der Waals surface area contributed by atoms with Crippen molar-refractivity contribution in [2.24, 2.45) is 5.41 Å². The SMILES string of the molecule is O=C1NC(c2cc(OC3CCCC3)nc(-c3cnc(Nc4ncc(CN5CCNCC5)cn4)s3)c2)CC1c1ccc(Nc2ncc(-c3ccnc(OC4CCC5(CC4)CC5)n3)s2)nc1. The number of ether oxygens (including phenoxy) is 2. The van der Waals surface area contributed by atoms with Gasteiger partial charge in [0.05, 0.1) is 33.1 Å². The number of piperazine rings is 1. The van der Waals surface area contributed by atoms with Crippen LogP contribution in [-0.4, -0.2) is 89.1 Å². The second kappa shape index (κ2) is 18.1. The normalized spacial score (nSPS) is 21.2. The lowest BCUT2D eigenvalue weighted by Gasteiger charge is -2.28. The minimum Gasteiger partial charge on any atom is -0.474 e. The summed E-state index contributed by atoms with van der Waals surface area (Å²) in [4.78, 5) is 54.9. The molecule has 5 fully saturated rings. The van der Waals surface area contributed by atoms with E-state index >= 15 is 0 Å². The lowest BCUT2D eigenvalue weighted by molar-refractivity contribution is -0.120. The van der Waals surface area contributed by atoms with Crippen molar-refractivity contribution in [1.82, 2.24) is 55.4 Å². The Morgan fingerprint density at radius 2 is 1.48 bits per heavy atom. The Hall–Kier alpha value is -5.69. The third-order valence-electron chi connectivity index (χ3n) is 13.3. The van der Waals surface area contributed by atoms with Crippen LogP contribution in [0.5, 0.6) is 11.9 Å². The van der Waals surface area contributed by atoms with Crippen molar-refractivity contribution in [2.45, 2.75) is 101 Å². The number of rotatable bonds is 14. The van der Waals surface area contributed by atoms with Gasteiger partial charge in [0, 0.05) is 81.5 Å². The minimum absolute atomic E-state index is 0.0413. The maximum absolute atomic E-state index is 13.6. The summed E-state index contributed by atoms with van der Waals surface area (Å²) in [7, 11) is 0. The first-order chi connectivity index (χ1) is 31.4. The number of nitrogens with zero attached hydrogens (tertiary/aromatic N) is 9. The van der Waals surface area contributed by atoms with Crippen LogP contribution in [0.4, 0.5) is 22.0 Å². The van der Waals surface area contributed by atoms with Gasteiger partial charge in [-0.3, -0.25) is 9.69 Å². The molecule has 2 aliphatic heterocycles. The van der Waals surface area contributed by atoms with E-state index in [1.807, 2.05) is 48.9 Å². The molecule has 6 aromatic heterocycles. The Kier molecular flexibility index (Phi) is 11.6. The molecular weight excluding hydrogens is 847 g/mol. The van der Waals surface area contributed by atoms with Gasteiger partial charge in [0.1, 0.15) is 18.0 Å². The minimum atomic E-state index is -0.367. The van der Waals surface area contributed by atoms with Gasteiger partial charge >= 0.3 is 6.01 Å². The number of anilines is 4. The maximum Gasteiger partial charge on any atom is 0.317 e.